The predicted octanol–water partition coefficient (Wildman–Crippen LogP) is -0.0348. The minimum absolute atomic E-state index is 0.982. The maximum absolute atomic E-state index is 10.2. The van der Waals surface area contributed by atoms with Crippen LogP contribution in [0.25, 0.3) is 0 Å². The molecule has 0 spiro atoms. The molecule has 5 nitrogen and oxygen atoms in total. The molecule has 0 radical (unpaired) electrons. The van der Waals surface area contributed by atoms with E-state index in [4.69, 9.17) is 9.66 Å². The molecule has 11 heavy (non-hydrogen) atoms. The maximum Gasteiger partial charge on any atom is 0.397 e. The average Bonchev–Trinajstić information content (AvgIpc) is 1.56. The van der Waals surface area contributed by atoms with Crippen LogP contribution in [-0.2, 0) is 14.6 Å². The minimum atomic E-state index is -4.49. The van der Waals surface area contributed by atoms with Crippen LogP contribution in [0.15, 0.2) is 0 Å². The fraction of sp³-hybridized carbons (Fsp3) is 1.00. The fourth-order valence-corrected chi connectivity index (χ4v) is 1.02. The molecule has 68 valence electrons. The molecule has 2 N–H and O–H groups in total. The Hall–Kier alpha value is -0.170. The van der Waals surface area contributed by atoms with Crippen LogP contribution in [0.1, 0.15) is 20.8 Å². The highest BCUT2D eigenvalue weighted by Crippen LogP contribution is 2.16. The van der Waals surface area contributed by atoms with Crippen molar-refractivity contribution in [1.29, 1.82) is 0 Å². The third-order valence-electron chi connectivity index (χ3n) is 1.33. The Morgan fingerprint density at radius 1 is 1.45 bits per heavy atom. The molecule has 0 aliphatic heterocycles. The van der Waals surface area contributed by atoms with Gasteiger partial charge in [-0.25, -0.2) is 4.18 Å². The summed E-state index contributed by atoms with van der Waals surface area (Å²) in [6.45, 7) is 4.07. The first-order chi connectivity index (χ1) is 4.65. The summed E-state index contributed by atoms with van der Waals surface area (Å²) < 4.78 is 32.8. The van der Waals surface area contributed by atoms with Gasteiger partial charge in [0, 0.05) is 0 Å². The Kier molecular flexibility index (Phi) is 3.01. The van der Waals surface area contributed by atoms with Gasteiger partial charge in [-0.2, -0.15) is 8.42 Å². The molecule has 0 rings (SSSR count). The zero-order valence-corrected chi connectivity index (χ0v) is 7.42. The summed E-state index contributed by atoms with van der Waals surface area (Å²) in [7, 11) is -4.49. The third-order valence-corrected chi connectivity index (χ3v) is 1.97. The lowest BCUT2D eigenvalue weighted by atomic mass is 10.0. The van der Waals surface area contributed by atoms with Crippen molar-refractivity contribution in [2.75, 3.05) is 0 Å². The molecule has 0 fully saturated rings. The van der Waals surface area contributed by atoms with Crippen molar-refractivity contribution in [3.63, 3.8) is 0 Å². The first-order valence-corrected chi connectivity index (χ1v) is 4.38. The number of aliphatic hydroxyl groups is 1. The molecule has 6 heteroatoms. The second-order valence-corrected chi connectivity index (χ2v) is 3.81. The van der Waals surface area contributed by atoms with Gasteiger partial charge in [-0.1, -0.05) is 0 Å². The van der Waals surface area contributed by atoms with Gasteiger partial charge in [0.25, 0.3) is 0 Å². The van der Waals surface area contributed by atoms with Gasteiger partial charge >= 0.3 is 10.4 Å². The van der Waals surface area contributed by atoms with E-state index < -0.39 is 22.1 Å². The van der Waals surface area contributed by atoms with E-state index in [1.807, 2.05) is 0 Å². The monoisotopic (exact) mass is 184 g/mol. The summed E-state index contributed by atoms with van der Waals surface area (Å²) in [6.07, 6.45) is -0.982. The van der Waals surface area contributed by atoms with Crippen molar-refractivity contribution in [2.24, 2.45) is 0 Å². The number of aliphatic hydroxyl groups excluding tert-OH is 1. The molecule has 0 amide bonds. The number of hydrogen-bond acceptors (Lipinski definition) is 4. The van der Waals surface area contributed by atoms with Crippen molar-refractivity contribution in [3.8, 4) is 0 Å². The van der Waals surface area contributed by atoms with E-state index >= 15 is 0 Å². The SMILES string of the molecule is CC(O)C(C)(C)OS(=O)(=O)O. The smallest absolute Gasteiger partial charge is 0.390 e. The number of hydrogen-bond donors (Lipinski definition) is 2. The molecule has 0 heterocycles. The van der Waals surface area contributed by atoms with E-state index in [9.17, 15) is 8.42 Å². The van der Waals surface area contributed by atoms with Crippen LogP contribution in [0.5, 0.6) is 0 Å². The molecule has 1 unspecified atom stereocenters. The van der Waals surface area contributed by atoms with Crippen molar-refractivity contribution in [2.45, 2.75) is 32.5 Å². The largest absolute Gasteiger partial charge is 0.397 e. The fourth-order valence-electron chi connectivity index (χ4n) is 0.341. The molecule has 0 aromatic carbocycles. The van der Waals surface area contributed by atoms with Gasteiger partial charge in [0.15, 0.2) is 0 Å². The highest BCUT2D eigenvalue weighted by atomic mass is 32.3. The van der Waals surface area contributed by atoms with Gasteiger partial charge in [-0.15, -0.1) is 0 Å². The van der Waals surface area contributed by atoms with Crippen LogP contribution in [0.2, 0.25) is 0 Å². The van der Waals surface area contributed by atoms with Gasteiger partial charge in [0.05, 0.1) is 6.10 Å². The normalized spacial score (nSPS) is 16.5. The Morgan fingerprint density at radius 2 is 1.82 bits per heavy atom. The standard InChI is InChI=1S/C5H12O5S/c1-4(6)5(2,3)10-11(7,8)9/h4,6H,1-3H3,(H,7,8,9). The molecular weight excluding hydrogens is 172 g/mol. The van der Waals surface area contributed by atoms with Crippen LogP contribution in [0, 0.1) is 0 Å². The Morgan fingerprint density at radius 3 is 1.91 bits per heavy atom. The van der Waals surface area contributed by atoms with E-state index in [-0.39, 0.29) is 0 Å². The lowest BCUT2D eigenvalue weighted by Crippen LogP contribution is -2.38. The third kappa shape index (κ3) is 4.31. The van der Waals surface area contributed by atoms with Crippen LogP contribution in [0.3, 0.4) is 0 Å². The predicted molar refractivity (Wildman–Crippen MR) is 38.4 cm³/mol. The Balaban J connectivity index is 4.38. The highest BCUT2D eigenvalue weighted by molar-refractivity contribution is 7.80. The molecule has 0 aromatic rings. The van der Waals surface area contributed by atoms with Crippen molar-refractivity contribution in [1.82, 2.24) is 0 Å². The highest BCUT2D eigenvalue weighted by Gasteiger charge is 2.30. The summed E-state index contributed by atoms with van der Waals surface area (Å²) >= 11 is 0. The van der Waals surface area contributed by atoms with Gasteiger partial charge in [0.1, 0.15) is 5.60 Å². The van der Waals surface area contributed by atoms with Gasteiger partial charge < -0.3 is 5.11 Å². The molecular formula is C5H12O5S. The molecule has 0 aliphatic carbocycles. The van der Waals surface area contributed by atoms with E-state index in [1.165, 1.54) is 20.8 Å². The minimum Gasteiger partial charge on any atom is -0.390 e. The summed E-state index contributed by atoms with van der Waals surface area (Å²) in [5.41, 5.74) is -1.30. The van der Waals surface area contributed by atoms with Crippen molar-refractivity contribution in [3.05, 3.63) is 0 Å². The summed E-state index contributed by atoms with van der Waals surface area (Å²) in [5, 5.41) is 8.94. The van der Waals surface area contributed by atoms with Crippen molar-refractivity contribution >= 4 is 10.4 Å². The molecule has 0 aliphatic rings. The van der Waals surface area contributed by atoms with E-state index in [0.717, 1.165) is 0 Å². The summed E-state index contributed by atoms with van der Waals surface area (Å²) in [4.78, 5) is 0. The van der Waals surface area contributed by atoms with Crippen LogP contribution in [0.4, 0.5) is 0 Å². The maximum atomic E-state index is 10.2. The van der Waals surface area contributed by atoms with E-state index in [2.05, 4.69) is 4.18 Å². The molecule has 1 atom stereocenters. The lowest BCUT2D eigenvalue weighted by Gasteiger charge is -2.25. The van der Waals surface area contributed by atoms with E-state index in [0.29, 0.717) is 0 Å². The molecule has 0 bridgehead atoms. The zero-order valence-electron chi connectivity index (χ0n) is 6.60. The van der Waals surface area contributed by atoms with Gasteiger partial charge in [0.2, 0.25) is 0 Å². The summed E-state index contributed by atoms with van der Waals surface area (Å²) in [6, 6.07) is 0. The second kappa shape index (κ2) is 3.06. The molecule has 0 saturated heterocycles. The molecule has 0 aromatic heterocycles. The first kappa shape index (κ1) is 10.8. The van der Waals surface area contributed by atoms with E-state index in [1.54, 1.807) is 0 Å². The second-order valence-electron chi connectivity index (χ2n) is 2.79. The zero-order chi connectivity index (χ0) is 9.28. The lowest BCUT2D eigenvalue weighted by molar-refractivity contribution is -0.0199. The van der Waals surface area contributed by atoms with Gasteiger partial charge in [-0.3, -0.25) is 4.55 Å². The first-order valence-electron chi connectivity index (χ1n) is 3.01. The van der Waals surface area contributed by atoms with Crippen LogP contribution >= 0.6 is 0 Å². The Labute approximate surface area is 65.9 Å². The van der Waals surface area contributed by atoms with Crippen LogP contribution < -0.4 is 0 Å². The number of rotatable bonds is 3. The Bertz CT molecular complexity index is 215. The summed E-state index contributed by atoms with van der Waals surface area (Å²) in [5.74, 6) is 0. The quantitative estimate of drug-likeness (QED) is 0.601. The van der Waals surface area contributed by atoms with Gasteiger partial charge in [-0.05, 0) is 20.8 Å². The average molecular weight is 184 g/mol. The van der Waals surface area contributed by atoms with Crippen LogP contribution in [-0.4, -0.2) is 29.8 Å². The van der Waals surface area contributed by atoms with Crippen molar-refractivity contribution < 1.29 is 22.3 Å². The topological polar surface area (TPSA) is 83.8 Å². The molecule has 0 saturated carbocycles.